The third kappa shape index (κ3) is 3.54. The summed E-state index contributed by atoms with van der Waals surface area (Å²) < 4.78 is 0. The first kappa shape index (κ1) is 12.6. The quantitative estimate of drug-likeness (QED) is 0.867. The predicted octanol–water partition coefficient (Wildman–Crippen LogP) is 2.88. The maximum atomic E-state index is 12.0. The molecule has 1 aliphatic rings. The first-order valence-corrected chi connectivity index (χ1v) is 7.13. The van der Waals surface area contributed by atoms with Crippen LogP contribution in [0.4, 0.5) is 5.00 Å². The van der Waals surface area contributed by atoms with Gasteiger partial charge in [-0.25, -0.2) is 0 Å². The summed E-state index contributed by atoms with van der Waals surface area (Å²) in [6.07, 6.45) is 4.95. The van der Waals surface area contributed by atoms with Gasteiger partial charge < -0.3 is 10.4 Å². The average molecular weight is 253 g/mol. The van der Waals surface area contributed by atoms with Gasteiger partial charge in [0.25, 0.3) is 0 Å². The fourth-order valence-electron chi connectivity index (χ4n) is 2.47. The van der Waals surface area contributed by atoms with E-state index in [0.717, 1.165) is 37.1 Å². The van der Waals surface area contributed by atoms with Gasteiger partial charge in [0.15, 0.2) is 0 Å². The minimum absolute atomic E-state index is 0.159. The Morgan fingerprint density at radius 2 is 2.18 bits per heavy atom. The SMILES string of the molecule is O=C(Nc1cccs1)C1CCC(CCO)CC1. The molecule has 2 N–H and O–H groups in total. The molecule has 0 bridgehead atoms. The fourth-order valence-corrected chi connectivity index (χ4v) is 3.09. The van der Waals surface area contributed by atoms with Crippen molar-refractivity contribution in [1.29, 1.82) is 0 Å². The maximum Gasteiger partial charge on any atom is 0.228 e. The number of rotatable bonds is 4. The number of thiophene rings is 1. The van der Waals surface area contributed by atoms with E-state index < -0.39 is 0 Å². The maximum absolute atomic E-state index is 12.0. The van der Waals surface area contributed by atoms with Crippen LogP contribution in [-0.4, -0.2) is 17.6 Å². The number of hydrogen-bond acceptors (Lipinski definition) is 3. The molecular weight excluding hydrogens is 234 g/mol. The highest BCUT2D eigenvalue weighted by molar-refractivity contribution is 7.14. The molecule has 1 saturated carbocycles. The summed E-state index contributed by atoms with van der Waals surface area (Å²) in [5.41, 5.74) is 0. The third-order valence-electron chi connectivity index (χ3n) is 3.52. The van der Waals surface area contributed by atoms with Crippen LogP contribution in [0.1, 0.15) is 32.1 Å². The van der Waals surface area contributed by atoms with Crippen molar-refractivity contribution in [3.05, 3.63) is 17.5 Å². The van der Waals surface area contributed by atoms with Crippen LogP contribution in [0.3, 0.4) is 0 Å². The second kappa shape index (κ2) is 6.17. The first-order valence-electron chi connectivity index (χ1n) is 6.25. The zero-order valence-electron chi connectivity index (χ0n) is 9.89. The molecule has 4 heteroatoms. The fraction of sp³-hybridized carbons (Fsp3) is 0.615. The Morgan fingerprint density at radius 3 is 2.76 bits per heavy atom. The van der Waals surface area contributed by atoms with Gasteiger partial charge >= 0.3 is 0 Å². The zero-order valence-corrected chi connectivity index (χ0v) is 10.7. The molecule has 0 saturated heterocycles. The highest BCUT2D eigenvalue weighted by Crippen LogP contribution is 2.31. The summed E-state index contributed by atoms with van der Waals surface area (Å²) in [6, 6.07) is 3.87. The smallest absolute Gasteiger partial charge is 0.228 e. The van der Waals surface area contributed by atoms with Gasteiger partial charge in [-0.1, -0.05) is 0 Å². The number of nitrogens with one attached hydrogen (secondary N) is 1. The van der Waals surface area contributed by atoms with Crippen LogP contribution < -0.4 is 5.32 Å². The first-order chi connectivity index (χ1) is 8.29. The number of aliphatic hydroxyl groups is 1. The molecule has 0 radical (unpaired) electrons. The highest BCUT2D eigenvalue weighted by Gasteiger charge is 2.26. The minimum Gasteiger partial charge on any atom is -0.396 e. The molecule has 1 amide bonds. The zero-order chi connectivity index (χ0) is 12.1. The summed E-state index contributed by atoms with van der Waals surface area (Å²) in [4.78, 5) is 12.0. The number of carbonyl (C=O) groups excluding carboxylic acids is 1. The van der Waals surface area contributed by atoms with E-state index in [0.29, 0.717) is 5.92 Å². The lowest BCUT2D eigenvalue weighted by Crippen LogP contribution is -2.27. The number of carbonyl (C=O) groups is 1. The minimum atomic E-state index is 0.159. The lowest BCUT2D eigenvalue weighted by molar-refractivity contribution is -0.121. The monoisotopic (exact) mass is 253 g/mol. The Bertz CT molecular complexity index is 342. The van der Waals surface area contributed by atoms with Crippen molar-refractivity contribution in [2.45, 2.75) is 32.1 Å². The van der Waals surface area contributed by atoms with Crippen LogP contribution >= 0.6 is 11.3 Å². The van der Waals surface area contributed by atoms with Crippen molar-refractivity contribution in [2.75, 3.05) is 11.9 Å². The normalized spacial score (nSPS) is 24.5. The third-order valence-corrected chi connectivity index (χ3v) is 4.31. The standard InChI is InChI=1S/C13H19NO2S/c15-8-7-10-3-5-11(6-4-10)13(16)14-12-2-1-9-17-12/h1-2,9-11,15H,3-8H2,(H,14,16). The van der Waals surface area contributed by atoms with Gasteiger partial charge in [0.1, 0.15) is 0 Å². The molecule has 1 aromatic heterocycles. The van der Waals surface area contributed by atoms with Crippen LogP contribution in [0.25, 0.3) is 0 Å². The number of hydrogen-bond donors (Lipinski definition) is 2. The van der Waals surface area contributed by atoms with Crippen molar-refractivity contribution >= 4 is 22.2 Å². The Hall–Kier alpha value is -0.870. The molecule has 0 atom stereocenters. The summed E-state index contributed by atoms with van der Waals surface area (Å²) >= 11 is 1.56. The van der Waals surface area contributed by atoms with Crippen molar-refractivity contribution in [1.82, 2.24) is 0 Å². The predicted molar refractivity (Wildman–Crippen MR) is 70.1 cm³/mol. The lowest BCUT2D eigenvalue weighted by Gasteiger charge is -2.27. The van der Waals surface area contributed by atoms with E-state index in [1.807, 2.05) is 17.5 Å². The second-order valence-corrected chi connectivity index (χ2v) is 5.64. The van der Waals surface area contributed by atoms with Crippen LogP contribution in [-0.2, 0) is 4.79 Å². The number of anilines is 1. The van der Waals surface area contributed by atoms with Crippen LogP contribution in [0, 0.1) is 11.8 Å². The molecular formula is C13H19NO2S. The van der Waals surface area contributed by atoms with Crippen LogP contribution in [0.2, 0.25) is 0 Å². The number of amides is 1. The van der Waals surface area contributed by atoms with E-state index in [1.165, 1.54) is 0 Å². The summed E-state index contributed by atoms with van der Waals surface area (Å²) in [5.74, 6) is 0.938. The van der Waals surface area contributed by atoms with Crippen molar-refractivity contribution in [3.8, 4) is 0 Å². The molecule has 17 heavy (non-hydrogen) atoms. The van der Waals surface area contributed by atoms with Gasteiger partial charge in [-0.3, -0.25) is 4.79 Å². The molecule has 3 nitrogen and oxygen atoms in total. The van der Waals surface area contributed by atoms with Crippen molar-refractivity contribution < 1.29 is 9.90 Å². The average Bonchev–Trinajstić information content (AvgIpc) is 2.83. The van der Waals surface area contributed by atoms with E-state index in [1.54, 1.807) is 11.3 Å². The van der Waals surface area contributed by atoms with Crippen LogP contribution in [0.5, 0.6) is 0 Å². The Labute approximate surface area is 106 Å². The molecule has 1 heterocycles. The second-order valence-electron chi connectivity index (χ2n) is 4.70. The van der Waals surface area contributed by atoms with Gasteiger partial charge in [0.05, 0.1) is 5.00 Å². The Balaban J connectivity index is 1.78. The van der Waals surface area contributed by atoms with E-state index in [9.17, 15) is 4.79 Å². The van der Waals surface area contributed by atoms with E-state index in [4.69, 9.17) is 5.11 Å². The summed E-state index contributed by atoms with van der Waals surface area (Å²) in [7, 11) is 0. The van der Waals surface area contributed by atoms with Gasteiger partial charge in [0, 0.05) is 12.5 Å². The van der Waals surface area contributed by atoms with Gasteiger partial charge in [-0.2, -0.15) is 0 Å². The van der Waals surface area contributed by atoms with Gasteiger partial charge in [-0.15, -0.1) is 11.3 Å². The molecule has 1 aromatic rings. The number of aliphatic hydroxyl groups excluding tert-OH is 1. The largest absolute Gasteiger partial charge is 0.396 e. The molecule has 0 aromatic carbocycles. The molecule has 0 aliphatic heterocycles. The molecule has 0 spiro atoms. The van der Waals surface area contributed by atoms with Crippen molar-refractivity contribution in [2.24, 2.45) is 11.8 Å². The molecule has 0 unspecified atom stereocenters. The Kier molecular flexibility index (Phi) is 4.57. The lowest BCUT2D eigenvalue weighted by atomic mass is 9.80. The van der Waals surface area contributed by atoms with Crippen molar-refractivity contribution in [3.63, 3.8) is 0 Å². The van der Waals surface area contributed by atoms with E-state index in [-0.39, 0.29) is 18.4 Å². The molecule has 94 valence electrons. The summed E-state index contributed by atoms with van der Waals surface area (Å²) in [6.45, 7) is 0.275. The van der Waals surface area contributed by atoms with E-state index in [2.05, 4.69) is 5.32 Å². The van der Waals surface area contributed by atoms with Gasteiger partial charge in [-0.05, 0) is 55.5 Å². The molecule has 2 rings (SSSR count). The Morgan fingerprint density at radius 1 is 1.41 bits per heavy atom. The molecule has 1 fully saturated rings. The van der Waals surface area contributed by atoms with E-state index >= 15 is 0 Å². The van der Waals surface area contributed by atoms with Gasteiger partial charge in [0.2, 0.25) is 5.91 Å². The molecule has 1 aliphatic carbocycles. The van der Waals surface area contributed by atoms with Crippen LogP contribution in [0.15, 0.2) is 17.5 Å². The summed E-state index contributed by atoms with van der Waals surface area (Å²) in [5, 5.41) is 14.8. The topological polar surface area (TPSA) is 49.3 Å². The highest BCUT2D eigenvalue weighted by atomic mass is 32.1.